The molecule has 0 aliphatic heterocycles. The maximum Gasteiger partial charge on any atom is 0.266 e. The fourth-order valence-corrected chi connectivity index (χ4v) is 3.68. The highest BCUT2D eigenvalue weighted by molar-refractivity contribution is 7.12. The van der Waals surface area contributed by atoms with Gasteiger partial charge in [0.05, 0.1) is 11.4 Å². The van der Waals surface area contributed by atoms with Crippen LogP contribution in [0.3, 0.4) is 0 Å². The summed E-state index contributed by atoms with van der Waals surface area (Å²) in [6.07, 6.45) is 1.80. The minimum Gasteiger partial charge on any atom is -0.486 e. The molecule has 0 fully saturated rings. The number of anilines is 1. The fraction of sp³-hybridized carbons (Fsp3) is 0.0909. The molecule has 4 rings (SSSR count). The van der Waals surface area contributed by atoms with Crippen LogP contribution in [0.1, 0.15) is 20.8 Å². The van der Waals surface area contributed by atoms with E-state index in [1.807, 2.05) is 29.6 Å². The number of aromatic nitrogens is 2. The molecule has 5 nitrogen and oxygen atoms in total. The summed E-state index contributed by atoms with van der Waals surface area (Å²) in [6.45, 7) is 0.754. The number of carbonyl (C=O) groups is 1. The number of nitrogens with zero attached hydrogens (tertiary/aromatic N) is 2. The molecule has 1 N–H and O–H groups in total. The highest BCUT2D eigenvalue weighted by atomic mass is 35.5. The van der Waals surface area contributed by atoms with Crippen LogP contribution >= 0.6 is 22.9 Å². The molecule has 0 atom stereocenters. The molecule has 2 aromatic heterocycles. The van der Waals surface area contributed by atoms with E-state index in [-0.39, 0.29) is 18.3 Å². The number of thiophene rings is 1. The van der Waals surface area contributed by atoms with E-state index in [0.717, 1.165) is 11.1 Å². The van der Waals surface area contributed by atoms with Gasteiger partial charge in [-0.3, -0.25) is 9.48 Å². The molecule has 152 valence electrons. The van der Waals surface area contributed by atoms with Gasteiger partial charge in [0.1, 0.15) is 6.61 Å². The van der Waals surface area contributed by atoms with E-state index in [1.54, 1.807) is 41.2 Å². The normalized spacial score (nSPS) is 10.7. The first-order valence-electron chi connectivity index (χ1n) is 9.11. The molecule has 0 radical (unpaired) electrons. The van der Waals surface area contributed by atoms with E-state index in [0.29, 0.717) is 22.3 Å². The van der Waals surface area contributed by atoms with Crippen LogP contribution in [0.25, 0.3) is 0 Å². The first-order valence-corrected chi connectivity index (χ1v) is 10.4. The third-order valence-corrected chi connectivity index (χ3v) is 5.48. The zero-order valence-electron chi connectivity index (χ0n) is 15.7. The molecule has 2 aromatic carbocycles. The minimum atomic E-state index is -0.417. The summed E-state index contributed by atoms with van der Waals surface area (Å²) in [5.41, 5.74) is 1.85. The van der Waals surface area contributed by atoms with Crippen LogP contribution in [0, 0.1) is 5.82 Å². The lowest BCUT2D eigenvalue weighted by Gasteiger charge is -2.05. The van der Waals surface area contributed by atoms with Crippen LogP contribution in [0.15, 0.2) is 72.2 Å². The van der Waals surface area contributed by atoms with Gasteiger partial charge in [-0.15, -0.1) is 11.3 Å². The largest absolute Gasteiger partial charge is 0.486 e. The van der Waals surface area contributed by atoms with Gasteiger partial charge in [0.15, 0.2) is 17.4 Å². The first-order chi connectivity index (χ1) is 14.6. The lowest BCUT2D eigenvalue weighted by Crippen LogP contribution is -2.11. The maximum atomic E-state index is 13.6. The first kappa shape index (κ1) is 20.1. The van der Waals surface area contributed by atoms with E-state index in [2.05, 4.69) is 10.4 Å². The number of nitrogens with one attached hydrogen (secondary N) is 1. The molecule has 0 unspecified atom stereocenters. The van der Waals surface area contributed by atoms with Gasteiger partial charge in [-0.2, -0.15) is 5.10 Å². The third-order valence-electron chi connectivity index (χ3n) is 4.25. The molecule has 8 heteroatoms. The average molecular weight is 442 g/mol. The Morgan fingerprint density at radius 1 is 1.13 bits per heavy atom. The molecule has 0 aliphatic carbocycles. The van der Waals surface area contributed by atoms with Crippen molar-refractivity contribution < 1.29 is 13.9 Å². The fourth-order valence-electron chi connectivity index (χ4n) is 2.76. The molecule has 0 saturated heterocycles. The Bertz CT molecular complexity index is 1160. The molecule has 2 heterocycles. The van der Waals surface area contributed by atoms with Crippen LogP contribution in [-0.2, 0) is 13.2 Å². The van der Waals surface area contributed by atoms with Crippen molar-refractivity contribution in [1.29, 1.82) is 0 Å². The number of ether oxygens (including phenoxy) is 1. The molecule has 4 aromatic rings. The van der Waals surface area contributed by atoms with Crippen LogP contribution in [0.4, 0.5) is 10.2 Å². The average Bonchev–Trinajstić information content (AvgIpc) is 3.39. The predicted octanol–water partition coefficient (Wildman–Crippen LogP) is 5.62. The number of benzene rings is 2. The number of rotatable bonds is 7. The number of carbonyl (C=O) groups excluding carboxylic acids is 1. The quantitative estimate of drug-likeness (QED) is 0.405. The van der Waals surface area contributed by atoms with Gasteiger partial charge in [-0.05, 0) is 41.3 Å². The summed E-state index contributed by atoms with van der Waals surface area (Å²) in [5, 5.41) is 9.66. The number of amides is 1. The lowest BCUT2D eigenvalue weighted by atomic mass is 10.2. The van der Waals surface area contributed by atoms with Crippen molar-refractivity contribution in [1.82, 2.24) is 9.78 Å². The number of para-hydroxylation sites is 1. The zero-order valence-corrected chi connectivity index (χ0v) is 17.3. The van der Waals surface area contributed by atoms with Crippen molar-refractivity contribution in [3.8, 4) is 5.75 Å². The molecule has 0 aliphatic rings. The second-order valence-corrected chi connectivity index (χ2v) is 7.87. The van der Waals surface area contributed by atoms with Gasteiger partial charge in [0.2, 0.25) is 0 Å². The Kier molecular flexibility index (Phi) is 6.11. The molecule has 0 bridgehead atoms. The molecule has 0 saturated carbocycles. The summed E-state index contributed by atoms with van der Waals surface area (Å²) >= 11 is 7.19. The minimum absolute atomic E-state index is 0.181. The van der Waals surface area contributed by atoms with Crippen molar-refractivity contribution in [2.24, 2.45) is 0 Å². The van der Waals surface area contributed by atoms with Gasteiger partial charge < -0.3 is 10.1 Å². The Labute approximate surface area is 181 Å². The lowest BCUT2D eigenvalue weighted by molar-refractivity contribution is 0.103. The van der Waals surface area contributed by atoms with Crippen LogP contribution in [-0.4, -0.2) is 15.7 Å². The summed E-state index contributed by atoms with van der Waals surface area (Å²) in [5.74, 6) is -0.0267. The van der Waals surface area contributed by atoms with Gasteiger partial charge >= 0.3 is 0 Å². The van der Waals surface area contributed by atoms with Crippen molar-refractivity contribution in [3.05, 3.63) is 99.1 Å². The highest BCUT2D eigenvalue weighted by Gasteiger charge is 2.12. The highest BCUT2D eigenvalue weighted by Crippen LogP contribution is 2.21. The van der Waals surface area contributed by atoms with Crippen molar-refractivity contribution in [3.63, 3.8) is 0 Å². The van der Waals surface area contributed by atoms with Crippen molar-refractivity contribution in [2.75, 3.05) is 5.32 Å². The predicted molar refractivity (Wildman–Crippen MR) is 116 cm³/mol. The third kappa shape index (κ3) is 5.06. The standard InChI is InChI=1S/C22H17ClFN3O2S/c23-17-7-5-15(6-8-17)12-27-10-9-21(26-27)25-22(28)20-11-16(14-30-20)13-29-19-4-2-1-3-18(19)24/h1-11,14H,12-13H2,(H,25,26,28). The van der Waals surface area contributed by atoms with E-state index in [4.69, 9.17) is 16.3 Å². The van der Waals surface area contributed by atoms with Gasteiger partial charge in [-0.1, -0.05) is 35.9 Å². The molecule has 0 spiro atoms. The van der Waals surface area contributed by atoms with E-state index in [9.17, 15) is 9.18 Å². The van der Waals surface area contributed by atoms with Crippen LogP contribution in [0.2, 0.25) is 5.02 Å². The van der Waals surface area contributed by atoms with Crippen molar-refractivity contribution in [2.45, 2.75) is 13.2 Å². The van der Waals surface area contributed by atoms with Gasteiger partial charge in [0.25, 0.3) is 5.91 Å². The summed E-state index contributed by atoms with van der Waals surface area (Å²) in [4.78, 5) is 13.0. The SMILES string of the molecule is O=C(Nc1ccn(Cc2ccc(Cl)cc2)n1)c1cc(COc2ccccc2F)cs1. The Hall–Kier alpha value is -3.16. The Balaban J connectivity index is 1.34. The van der Waals surface area contributed by atoms with Crippen LogP contribution in [0.5, 0.6) is 5.75 Å². The number of halogens is 2. The molecule has 30 heavy (non-hydrogen) atoms. The smallest absolute Gasteiger partial charge is 0.266 e. The number of hydrogen-bond donors (Lipinski definition) is 1. The second-order valence-electron chi connectivity index (χ2n) is 6.52. The van der Waals surface area contributed by atoms with Gasteiger partial charge in [-0.25, -0.2) is 4.39 Å². The zero-order chi connectivity index (χ0) is 20.9. The second kappa shape index (κ2) is 9.11. The van der Waals surface area contributed by atoms with E-state index in [1.165, 1.54) is 17.4 Å². The summed E-state index contributed by atoms with van der Waals surface area (Å²) < 4.78 is 20.8. The summed E-state index contributed by atoms with van der Waals surface area (Å²) in [7, 11) is 0. The maximum absolute atomic E-state index is 13.6. The topological polar surface area (TPSA) is 56.2 Å². The van der Waals surface area contributed by atoms with Crippen LogP contribution < -0.4 is 10.1 Å². The number of hydrogen-bond acceptors (Lipinski definition) is 4. The monoisotopic (exact) mass is 441 g/mol. The molecular formula is C22H17ClFN3O2S. The molecule has 1 amide bonds. The molecular weight excluding hydrogens is 425 g/mol. The Morgan fingerprint density at radius 2 is 1.93 bits per heavy atom. The summed E-state index contributed by atoms with van der Waals surface area (Å²) in [6, 6.07) is 17.2. The van der Waals surface area contributed by atoms with Crippen molar-refractivity contribution >= 4 is 34.7 Å². The van der Waals surface area contributed by atoms with Gasteiger partial charge in [0, 0.05) is 22.8 Å². The van der Waals surface area contributed by atoms with E-state index < -0.39 is 5.82 Å². The van der Waals surface area contributed by atoms with E-state index >= 15 is 0 Å². The Morgan fingerprint density at radius 3 is 2.73 bits per heavy atom.